The molecule has 0 amide bonds. The summed E-state index contributed by atoms with van der Waals surface area (Å²) in [5, 5.41) is 8.88. The smallest absolute Gasteiger partial charge is 0.138 e. The molecule has 1 heterocycles. The first kappa shape index (κ1) is 14.0. The zero-order valence-corrected chi connectivity index (χ0v) is 13.5. The van der Waals surface area contributed by atoms with Crippen molar-refractivity contribution in [1.82, 2.24) is 0 Å². The van der Waals surface area contributed by atoms with E-state index in [0.29, 0.717) is 0 Å². The van der Waals surface area contributed by atoms with Gasteiger partial charge in [-0.2, -0.15) is 10.2 Å². The molecule has 1 aliphatic heterocycles. The monoisotopic (exact) mass is 342 g/mol. The molecule has 0 fully saturated rings. The summed E-state index contributed by atoms with van der Waals surface area (Å²) in [6.45, 7) is 2.06. The molecule has 0 radical (unpaired) electrons. The third-order valence-corrected chi connectivity index (χ3v) is 4.83. The van der Waals surface area contributed by atoms with Crippen LogP contribution in [0.15, 0.2) is 69.3 Å². The van der Waals surface area contributed by atoms with Crippen LogP contribution in [-0.4, -0.2) is 7.11 Å². The van der Waals surface area contributed by atoms with Crippen molar-refractivity contribution in [3.05, 3.63) is 70.2 Å². The van der Waals surface area contributed by atoms with Gasteiger partial charge in [0.2, 0.25) is 0 Å². The van der Waals surface area contributed by atoms with E-state index in [1.807, 2.05) is 42.5 Å². The Labute approximate surface area is 132 Å². The minimum atomic E-state index is -0.462. The van der Waals surface area contributed by atoms with Gasteiger partial charge in [-0.3, -0.25) is 0 Å². The average Bonchev–Trinajstić information content (AvgIpc) is 2.85. The Balaban J connectivity index is 2.02. The van der Waals surface area contributed by atoms with Gasteiger partial charge in [-0.1, -0.05) is 46.3 Å². The SMILES string of the molecule is COc1ccc(C2=C(Br)C(C)(c3ccccc3)N=N2)cc1. The number of nitrogens with zero attached hydrogens (tertiary/aromatic N) is 2. The van der Waals surface area contributed by atoms with Gasteiger partial charge in [-0.25, -0.2) is 0 Å². The number of rotatable bonds is 3. The number of azo groups is 1. The van der Waals surface area contributed by atoms with Crippen molar-refractivity contribution in [3.8, 4) is 5.75 Å². The van der Waals surface area contributed by atoms with Crippen molar-refractivity contribution < 1.29 is 4.74 Å². The molecule has 1 aliphatic rings. The second kappa shape index (κ2) is 5.45. The van der Waals surface area contributed by atoms with E-state index in [9.17, 15) is 0 Å². The Morgan fingerprint density at radius 1 is 1.00 bits per heavy atom. The third-order valence-electron chi connectivity index (χ3n) is 3.68. The summed E-state index contributed by atoms with van der Waals surface area (Å²) in [6, 6.07) is 18.0. The van der Waals surface area contributed by atoms with Crippen LogP contribution in [-0.2, 0) is 5.54 Å². The molecule has 0 saturated carbocycles. The van der Waals surface area contributed by atoms with E-state index in [-0.39, 0.29) is 0 Å². The minimum Gasteiger partial charge on any atom is -0.497 e. The molecule has 1 unspecified atom stereocenters. The predicted molar refractivity (Wildman–Crippen MR) is 87.5 cm³/mol. The molecule has 0 spiro atoms. The first-order valence-electron chi connectivity index (χ1n) is 6.68. The minimum absolute atomic E-state index is 0.462. The van der Waals surface area contributed by atoms with Gasteiger partial charge < -0.3 is 4.74 Å². The van der Waals surface area contributed by atoms with Gasteiger partial charge in [0.1, 0.15) is 17.0 Å². The quantitative estimate of drug-likeness (QED) is 0.760. The van der Waals surface area contributed by atoms with Crippen molar-refractivity contribution in [2.75, 3.05) is 7.11 Å². The zero-order valence-electron chi connectivity index (χ0n) is 11.9. The van der Waals surface area contributed by atoms with Crippen LogP contribution in [0.4, 0.5) is 0 Å². The van der Waals surface area contributed by atoms with Crippen LogP contribution in [0.3, 0.4) is 0 Å². The van der Waals surface area contributed by atoms with Crippen LogP contribution in [0.1, 0.15) is 18.1 Å². The molecule has 21 heavy (non-hydrogen) atoms. The molecule has 0 saturated heterocycles. The highest BCUT2D eigenvalue weighted by Gasteiger charge is 2.36. The van der Waals surface area contributed by atoms with E-state index in [0.717, 1.165) is 27.1 Å². The molecule has 0 aliphatic carbocycles. The number of hydrogen-bond donors (Lipinski definition) is 0. The summed E-state index contributed by atoms with van der Waals surface area (Å²) in [6.07, 6.45) is 0. The average molecular weight is 343 g/mol. The van der Waals surface area contributed by atoms with Crippen LogP contribution in [0.25, 0.3) is 5.70 Å². The zero-order chi connectivity index (χ0) is 14.9. The summed E-state index contributed by atoms with van der Waals surface area (Å²) >= 11 is 3.70. The van der Waals surface area contributed by atoms with Gasteiger partial charge in [-0.15, -0.1) is 0 Å². The second-order valence-electron chi connectivity index (χ2n) is 5.03. The van der Waals surface area contributed by atoms with Crippen LogP contribution in [0.5, 0.6) is 5.75 Å². The van der Waals surface area contributed by atoms with E-state index < -0.39 is 5.54 Å². The number of benzene rings is 2. The first-order valence-corrected chi connectivity index (χ1v) is 7.47. The highest BCUT2D eigenvalue weighted by molar-refractivity contribution is 9.12. The fraction of sp³-hybridized carbons (Fsp3) is 0.176. The van der Waals surface area contributed by atoms with Crippen molar-refractivity contribution in [3.63, 3.8) is 0 Å². The second-order valence-corrected chi connectivity index (χ2v) is 5.82. The lowest BCUT2D eigenvalue weighted by atomic mass is 9.92. The number of ether oxygens (including phenoxy) is 1. The normalized spacial score (nSPS) is 20.9. The highest BCUT2D eigenvalue weighted by Crippen LogP contribution is 2.47. The highest BCUT2D eigenvalue weighted by atomic mass is 79.9. The lowest BCUT2D eigenvalue weighted by Crippen LogP contribution is -2.16. The standard InChI is InChI=1S/C17H15BrN2O/c1-17(13-6-4-3-5-7-13)16(18)15(19-20-17)12-8-10-14(21-2)11-9-12/h3-11H,1-2H3. The Morgan fingerprint density at radius 3 is 2.29 bits per heavy atom. The molecule has 3 rings (SSSR count). The van der Waals surface area contributed by atoms with Crippen molar-refractivity contribution >= 4 is 21.6 Å². The molecule has 2 aromatic rings. The van der Waals surface area contributed by atoms with Crippen LogP contribution in [0.2, 0.25) is 0 Å². The maximum atomic E-state index is 5.19. The largest absolute Gasteiger partial charge is 0.497 e. The van der Waals surface area contributed by atoms with Crippen LogP contribution >= 0.6 is 15.9 Å². The molecular weight excluding hydrogens is 328 g/mol. The van der Waals surface area contributed by atoms with E-state index in [1.165, 1.54) is 0 Å². The molecule has 2 aromatic carbocycles. The van der Waals surface area contributed by atoms with Crippen molar-refractivity contribution in [2.24, 2.45) is 10.2 Å². The van der Waals surface area contributed by atoms with Gasteiger partial charge in [0, 0.05) is 5.56 Å². The molecule has 0 bridgehead atoms. The molecule has 3 nitrogen and oxygen atoms in total. The van der Waals surface area contributed by atoms with Crippen molar-refractivity contribution in [1.29, 1.82) is 0 Å². The summed E-state index contributed by atoms with van der Waals surface area (Å²) in [7, 11) is 1.66. The predicted octanol–water partition coefficient (Wildman–Crippen LogP) is 5.14. The van der Waals surface area contributed by atoms with Crippen molar-refractivity contribution in [2.45, 2.75) is 12.5 Å². The molecule has 1 atom stereocenters. The van der Waals surface area contributed by atoms with Gasteiger partial charge in [0.15, 0.2) is 0 Å². The third kappa shape index (κ3) is 2.40. The summed E-state index contributed by atoms with van der Waals surface area (Å²) in [5.74, 6) is 0.830. The van der Waals surface area contributed by atoms with Gasteiger partial charge in [0.25, 0.3) is 0 Å². The number of hydrogen-bond acceptors (Lipinski definition) is 3. The summed E-state index contributed by atoms with van der Waals surface area (Å²) in [4.78, 5) is 0. The van der Waals surface area contributed by atoms with Gasteiger partial charge in [0.05, 0.1) is 11.6 Å². The number of methoxy groups -OCH3 is 1. The number of halogens is 1. The van der Waals surface area contributed by atoms with Gasteiger partial charge >= 0.3 is 0 Å². The fourth-order valence-corrected chi connectivity index (χ4v) is 2.97. The first-order chi connectivity index (χ1) is 10.1. The lowest BCUT2D eigenvalue weighted by molar-refractivity contribution is 0.415. The molecule has 4 heteroatoms. The molecular formula is C17H15BrN2O. The van der Waals surface area contributed by atoms with Crippen LogP contribution < -0.4 is 4.74 Å². The van der Waals surface area contributed by atoms with E-state index in [4.69, 9.17) is 4.74 Å². The maximum Gasteiger partial charge on any atom is 0.138 e. The Bertz CT molecular complexity index is 707. The summed E-state index contributed by atoms with van der Waals surface area (Å²) < 4.78 is 6.17. The van der Waals surface area contributed by atoms with Crippen LogP contribution in [0, 0.1) is 0 Å². The van der Waals surface area contributed by atoms with E-state index in [1.54, 1.807) is 7.11 Å². The molecule has 0 aromatic heterocycles. The van der Waals surface area contributed by atoms with E-state index >= 15 is 0 Å². The Morgan fingerprint density at radius 2 is 1.67 bits per heavy atom. The molecule has 106 valence electrons. The van der Waals surface area contributed by atoms with Gasteiger partial charge in [-0.05, 0) is 36.8 Å². The summed E-state index contributed by atoms with van der Waals surface area (Å²) in [5.41, 5.74) is 2.54. The lowest BCUT2D eigenvalue weighted by Gasteiger charge is -2.20. The fourth-order valence-electron chi connectivity index (χ4n) is 2.35. The molecule has 0 N–H and O–H groups in total. The Hall–Kier alpha value is -1.94. The topological polar surface area (TPSA) is 34.0 Å². The Kier molecular flexibility index (Phi) is 3.64. The van der Waals surface area contributed by atoms with E-state index in [2.05, 4.69) is 45.2 Å². The maximum absolute atomic E-state index is 5.19.